The van der Waals surface area contributed by atoms with Crippen LogP contribution in [0.25, 0.3) is 0 Å². The molecule has 0 bridgehead atoms. The third-order valence-corrected chi connectivity index (χ3v) is 8.74. The van der Waals surface area contributed by atoms with E-state index >= 15 is 0 Å². The first-order chi connectivity index (χ1) is 25.6. The lowest BCUT2D eigenvalue weighted by Crippen LogP contribution is -2.62. The van der Waals surface area contributed by atoms with E-state index in [0.29, 0.717) is 46.1 Å². The number of nitrogens with one attached hydrogen (secondary N) is 1. The van der Waals surface area contributed by atoms with Crippen molar-refractivity contribution in [2.75, 3.05) is 26.4 Å². The smallest absolute Gasteiger partial charge is 0.223 e. The normalized spacial score (nSPS) is 20.5. The van der Waals surface area contributed by atoms with Gasteiger partial charge in [0.05, 0.1) is 64.8 Å². The Morgan fingerprint density at radius 2 is 1.06 bits per heavy atom. The summed E-state index contributed by atoms with van der Waals surface area (Å²) in [5, 5.41) is 3.21. The van der Waals surface area contributed by atoms with Gasteiger partial charge < -0.3 is 33.7 Å². The zero-order chi connectivity index (χ0) is 36.2. The molecule has 8 heteroatoms. The highest BCUT2D eigenvalue weighted by Gasteiger charge is 2.49. The second-order valence-electron chi connectivity index (χ2n) is 12.8. The maximum atomic E-state index is 14.0. The molecular formula is C44H51NO7. The molecule has 1 N–H and O–H groups in total. The van der Waals surface area contributed by atoms with Crippen LogP contribution in [0, 0.1) is 0 Å². The van der Waals surface area contributed by atoms with Gasteiger partial charge in [0.1, 0.15) is 24.4 Å². The third kappa shape index (κ3) is 12.7. The Morgan fingerprint density at radius 3 is 1.56 bits per heavy atom. The molecule has 4 aromatic carbocycles. The highest BCUT2D eigenvalue weighted by atomic mass is 16.6. The van der Waals surface area contributed by atoms with E-state index in [2.05, 4.69) is 18.5 Å². The standard InChI is InChI=1S/C44H51NO7/c1-3-25-47-32-38(27-34-17-9-5-10-18-34)45-41(46)28-39-42(49-29-35-19-11-6-12-20-35)44(51-31-37-23-15-8-16-24-37)43(40(52-39)33-48-26-4-2)50-30-36-21-13-7-14-22-36/h3-24,38-40,42-44H,1-2,25-33H2,(H,45,46)/t38-,39+,40+,42-,43+,44+/m0/s1. The van der Waals surface area contributed by atoms with E-state index in [1.807, 2.05) is 121 Å². The van der Waals surface area contributed by atoms with Gasteiger partial charge in [0, 0.05) is 0 Å². The highest BCUT2D eigenvalue weighted by molar-refractivity contribution is 5.77. The van der Waals surface area contributed by atoms with E-state index in [9.17, 15) is 4.79 Å². The maximum Gasteiger partial charge on any atom is 0.223 e. The average Bonchev–Trinajstić information content (AvgIpc) is 3.18. The van der Waals surface area contributed by atoms with Gasteiger partial charge in [-0.05, 0) is 28.7 Å². The van der Waals surface area contributed by atoms with Gasteiger partial charge >= 0.3 is 0 Å². The predicted octanol–water partition coefficient (Wildman–Crippen LogP) is 7.03. The number of carbonyl (C=O) groups excluding carboxylic acids is 1. The highest BCUT2D eigenvalue weighted by Crippen LogP contribution is 2.32. The molecule has 6 atom stereocenters. The van der Waals surface area contributed by atoms with Crippen molar-refractivity contribution in [2.45, 2.75) is 69.2 Å². The first-order valence-corrected chi connectivity index (χ1v) is 18.0. The lowest BCUT2D eigenvalue weighted by Gasteiger charge is -2.46. The fourth-order valence-corrected chi connectivity index (χ4v) is 6.26. The van der Waals surface area contributed by atoms with E-state index < -0.39 is 30.5 Å². The van der Waals surface area contributed by atoms with E-state index in [4.69, 9.17) is 28.4 Å². The molecule has 4 aromatic rings. The molecule has 1 saturated heterocycles. The molecule has 0 unspecified atom stereocenters. The van der Waals surface area contributed by atoms with Gasteiger partial charge in [-0.3, -0.25) is 4.79 Å². The number of carbonyl (C=O) groups is 1. The van der Waals surface area contributed by atoms with Crippen LogP contribution in [0.3, 0.4) is 0 Å². The molecule has 1 amide bonds. The summed E-state index contributed by atoms with van der Waals surface area (Å²) in [6.45, 7) is 9.80. The van der Waals surface area contributed by atoms with Gasteiger partial charge in [0.15, 0.2) is 0 Å². The molecule has 0 aromatic heterocycles. The maximum absolute atomic E-state index is 14.0. The Labute approximate surface area is 308 Å². The quantitative estimate of drug-likeness (QED) is 0.0695. The summed E-state index contributed by atoms with van der Waals surface area (Å²) in [5.74, 6) is -0.183. The second kappa shape index (κ2) is 21.8. The van der Waals surface area contributed by atoms with Crippen molar-refractivity contribution < 1.29 is 33.2 Å². The molecule has 8 nitrogen and oxygen atoms in total. The molecule has 1 heterocycles. The van der Waals surface area contributed by atoms with E-state index in [1.54, 1.807) is 12.2 Å². The number of rotatable bonds is 22. The molecule has 0 spiro atoms. The van der Waals surface area contributed by atoms with Crippen LogP contribution in [0.2, 0.25) is 0 Å². The van der Waals surface area contributed by atoms with Crippen molar-refractivity contribution >= 4 is 5.91 Å². The average molecular weight is 706 g/mol. The Kier molecular flexibility index (Phi) is 16.3. The number of benzene rings is 4. The Balaban J connectivity index is 1.43. The first kappa shape index (κ1) is 38.8. The van der Waals surface area contributed by atoms with Crippen LogP contribution in [-0.2, 0) is 59.5 Å². The summed E-state index contributed by atoms with van der Waals surface area (Å²) in [4.78, 5) is 14.0. The fourth-order valence-electron chi connectivity index (χ4n) is 6.26. The monoisotopic (exact) mass is 705 g/mol. The zero-order valence-electron chi connectivity index (χ0n) is 29.8. The lowest BCUT2D eigenvalue weighted by atomic mass is 9.92. The number of ether oxygens (including phenoxy) is 6. The largest absolute Gasteiger partial charge is 0.375 e. The van der Waals surface area contributed by atoms with Crippen LogP contribution < -0.4 is 5.32 Å². The Morgan fingerprint density at radius 1 is 0.615 bits per heavy atom. The van der Waals surface area contributed by atoms with E-state index in [-0.39, 0.29) is 25.0 Å². The summed E-state index contributed by atoms with van der Waals surface area (Å²) in [6, 6.07) is 39.7. The van der Waals surface area contributed by atoms with Crippen LogP contribution in [0.5, 0.6) is 0 Å². The minimum atomic E-state index is -0.676. The predicted molar refractivity (Wildman–Crippen MR) is 202 cm³/mol. The van der Waals surface area contributed by atoms with Gasteiger partial charge in [-0.25, -0.2) is 0 Å². The summed E-state index contributed by atoms with van der Waals surface area (Å²) in [7, 11) is 0. The van der Waals surface area contributed by atoms with Crippen molar-refractivity contribution in [3.05, 3.63) is 169 Å². The second-order valence-corrected chi connectivity index (χ2v) is 12.8. The molecular weight excluding hydrogens is 654 g/mol. The summed E-state index contributed by atoms with van der Waals surface area (Å²) in [5.41, 5.74) is 4.12. The van der Waals surface area contributed by atoms with Crippen LogP contribution in [-0.4, -0.2) is 68.9 Å². The third-order valence-electron chi connectivity index (χ3n) is 8.74. The van der Waals surface area contributed by atoms with E-state index in [0.717, 1.165) is 22.3 Å². The molecule has 1 aliphatic heterocycles. The number of hydrogen-bond acceptors (Lipinski definition) is 7. The van der Waals surface area contributed by atoms with Crippen molar-refractivity contribution in [2.24, 2.45) is 0 Å². The fraction of sp³-hybridized carbons (Fsp3) is 0.341. The molecule has 274 valence electrons. The van der Waals surface area contributed by atoms with E-state index in [1.165, 1.54) is 0 Å². The van der Waals surface area contributed by atoms with Crippen molar-refractivity contribution in [1.29, 1.82) is 0 Å². The minimum Gasteiger partial charge on any atom is -0.375 e. The van der Waals surface area contributed by atoms with Crippen molar-refractivity contribution in [3.63, 3.8) is 0 Å². The molecule has 1 aliphatic rings. The summed E-state index contributed by atoms with van der Waals surface area (Å²) in [6.07, 6.45) is 0.964. The zero-order valence-corrected chi connectivity index (χ0v) is 29.8. The number of amides is 1. The lowest BCUT2D eigenvalue weighted by molar-refractivity contribution is -0.271. The van der Waals surface area contributed by atoms with Crippen LogP contribution in [0.15, 0.2) is 147 Å². The molecule has 0 radical (unpaired) electrons. The molecule has 5 rings (SSSR count). The minimum absolute atomic E-state index is 0.0285. The number of hydrogen-bond donors (Lipinski definition) is 1. The molecule has 1 fully saturated rings. The van der Waals surface area contributed by atoms with Crippen molar-refractivity contribution in [1.82, 2.24) is 5.32 Å². The molecule has 0 aliphatic carbocycles. The van der Waals surface area contributed by atoms with Gasteiger partial charge in [-0.15, -0.1) is 13.2 Å². The van der Waals surface area contributed by atoms with Crippen LogP contribution in [0.1, 0.15) is 28.7 Å². The summed E-state index contributed by atoms with van der Waals surface area (Å²) >= 11 is 0. The van der Waals surface area contributed by atoms with Gasteiger partial charge in [-0.1, -0.05) is 133 Å². The Hall–Kier alpha value is -4.41. The topological polar surface area (TPSA) is 84.5 Å². The van der Waals surface area contributed by atoms with Gasteiger partial charge in [-0.2, -0.15) is 0 Å². The van der Waals surface area contributed by atoms with Crippen LogP contribution in [0.4, 0.5) is 0 Å². The van der Waals surface area contributed by atoms with Crippen molar-refractivity contribution in [3.8, 4) is 0 Å². The molecule has 0 saturated carbocycles. The van der Waals surface area contributed by atoms with Gasteiger partial charge in [0.2, 0.25) is 5.91 Å². The van der Waals surface area contributed by atoms with Gasteiger partial charge in [0.25, 0.3) is 0 Å². The summed E-state index contributed by atoms with van der Waals surface area (Å²) < 4.78 is 38.7. The SMILES string of the molecule is C=CCOC[C@H](Cc1ccccc1)NC(=O)C[C@H]1O[C@H](COCC=C)[C@@H](OCc2ccccc2)[C@H](OCc2ccccc2)[C@H]1OCc1ccccc1. The molecule has 52 heavy (non-hydrogen) atoms. The van der Waals surface area contributed by atoms with Crippen LogP contribution >= 0.6 is 0 Å². The first-order valence-electron chi connectivity index (χ1n) is 18.0. The Bertz CT molecular complexity index is 1590.